The third-order valence-corrected chi connectivity index (χ3v) is 2.45. The van der Waals surface area contributed by atoms with Crippen LogP contribution in [0.15, 0.2) is 30.5 Å². The molecular formula is C12H13ClN2. The Hall–Kier alpha value is -1.28. The third-order valence-electron chi connectivity index (χ3n) is 2.14. The van der Waals surface area contributed by atoms with Gasteiger partial charge in [0.2, 0.25) is 0 Å². The van der Waals surface area contributed by atoms with Crippen molar-refractivity contribution < 1.29 is 0 Å². The first-order valence-electron chi connectivity index (χ1n) is 4.97. The second-order valence-corrected chi connectivity index (χ2v) is 4.23. The van der Waals surface area contributed by atoms with Crippen molar-refractivity contribution in [3.05, 3.63) is 35.5 Å². The number of hydrogen-bond acceptors (Lipinski definition) is 2. The molecule has 1 aromatic carbocycles. The lowest BCUT2D eigenvalue weighted by Gasteiger charge is -2.12. The van der Waals surface area contributed by atoms with Gasteiger partial charge in [-0.15, -0.1) is 0 Å². The molecule has 0 aliphatic rings. The Balaban J connectivity index is 2.52. The first-order chi connectivity index (χ1) is 7.16. The Kier molecular flexibility index (Phi) is 2.78. The normalized spacial score (nSPS) is 10.9. The molecule has 2 nitrogen and oxygen atoms in total. The molecule has 0 spiro atoms. The Labute approximate surface area is 94.3 Å². The number of anilines is 1. The van der Waals surface area contributed by atoms with E-state index in [0.717, 1.165) is 21.6 Å². The van der Waals surface area contributed by atoms with Crippen LogP contribution in [-0.4, -0.2) is 11.0 Å². The van der Waals surface area contributed by atoms with Crippen molar-refractivity contribution in [3.63, 3.8) is 0 Å². The molecule has 1 heterocycles. The number of benzene rings is 1. The summed E-state index contributed by atoms with van der Waals surface area (Å²) in [6.45, 7) is 4.16. The average molecular weight is 221 g/mol. The van der Waals surface area contributed by atoms with Crippen LogP contribution >= 0.6 is 11.6 Å². The minimum absolute atomic E-state index is 0.365. The van der Waals surface area contributed by atoms with E-state index in [0.29, 0.717) is 6.04 Å². The van der Waals surface area contributed by atoms with Gasteiger partial charge >= 0.3 is 0 Å². The summed E-state index contributed by atoms with van der Waals surface area (Å²) >= 11 is 6.16. The smallest absolute Gasteiger partial charge is 0.0723 e. The number of nitrogens with one attached hydrogen (secondary N) is 1. The highest BCUT2D eigenvalue weighted by Gasteiger charge is 2.04. The number of rotatable bonds is 2. The van der Waals surface area contributed by atoms with Crippen molar-refractivity contribution in [1.82, 2.24) is 4.98 Å². The molecule has 0 saturated carbocycles. The largest absolute Gasteiger partial charge is 0.382 e. The third kappa shape index (κ3) is 2.21. The summed E-state index contributed by atoms with van der Waals surface area (Å²) in [7, 11) is 0. The predicted molar refractivity (Wildman–Crippen MR) is 65.5 cm³/mol. The van der Waals surface area contributed by atoms with E-state index in [1.165, 1.54) is 0 Å². The van der Waals surface area contributed by atoms with Crippen LogP contribution < -0.4 is 5.32 Å². The zero-order valence-corrected chi connectivity index (χ0v) is 9.55. The second-order valence-electron chi connectivity index (χ2n) is 3.83. The van der Waals surface area contributed by atoms with Gasteiger partial charge in [0.1, 0.15) is 0 Å². The number of halogens is 1. The van der Waals surface area contributed by atoms with Crippen molar-refractivity contribution in [2.45, 2.75) is 19.9 Å². The zero-order chi connectivity index (χ0) is 10.8. The van der Waals surface area contributed by atoms with Crippen LogP contribution in [0.3, 0.4) is 0 Å². The van der Waals surface area contributed by atoms with Gasteiger partial charge in [-0.3, -0.25) is 4.98 Å². The Morgan fingerprint density at radius 2 is 2.13 bits per heavy atom. The lowest BCUT2D eigenvalue weighted by atomic mass is 10.2. The molecular weight excluding hydrogens is 208 g/mol. The molecule has 3 heteroatoms. The van der Waals surface area contributed by atoms with Crippen molar-refractivity contribution in [2.75, 3.05) is 5.32 Å². The van der Waals surface area contributed by atoms with Gasteiger partial charge in [-0.1, -0.05) is 17.7 Å². The molecule has 0 unspecified atom stereocenters. The van der Waals surface area contributed by atoms with E-state index in [4.69, 9.17) is 11.6 Å². The van der Waals surface area contributed by atoms with Crippen LogP contribution in [0.25, 0.3) is 10.9 Å². The molecule has 0 saturated heterocycles. The zero-order valence-electron chi connectivity index (χ0n) is 8.79. The van der Waals surface area contributed by atoms with Crippen LogP contribution in [-0.2, 0) is 0 Å². The summed E-state index contributed by atoms with van der Waals surface area (Å²) in [6.07, 6.45) is 1.79. The topological polar surface area (TPSA) is 24.9 Å². The molecule has 0 radical (unpaired) electrons. The van der Waals surface area contributed by atoms with Gasteiger partial charge in [-0.2, -0.15) is 0 Å². The van der Waals surface area contributed by atoms with E-state index >= 15 is 0 Å². The van der Waals surface area contributed by atoms with E-state index in [1.54, 1.807) is 6.20 Å². The molecule has 0 bridgehead atoms. The van der Waals surface area contributed by atoms with E-state index < -0.39 is 0 Å². The van der Waals surface area contributed by atoms with Crippen LogP contribution in [0, 0.1) is 0 Å². The van der Waals surface area contributed by atoms with Crippen LogP contribution in [0.4, 0.5) is 5.69 Å². The lowest BCUT2D eigenvalue weighted by Crippen LogP contribution is -2.09. The fraction of sp³-hybridized carbons (Fsp3) is 0.250. The summed E-state index contributed by atoms with van der Waals surface area (Å²) in [5.41, 5.74) is 1.91. The summed E-state index contributed by atoms with van der Waals surface area (Å²) in [5.74, 6) is 0. The van der Waals surface area contributed by atoms with Crippen LogP contribution in [0.2, 0.25) is 5.02 Å². The van der Waals surface area contributed by atoms with E-state index in [1.807, 2.05) is 24.3 Å². The highest BCUT2D eigenvalue weighted by atomic mass is 35.5. The standard InChI is InChI=1S/C12H13ClN2/c1-8(2)15-12-7-11-9(6-10(12)13)4-3-5-14-11/h3-8,15H,1-2H3. The molecule has 0 aliphatic carbocycles. The van der Waals surface area contributed by atoms with Crippen LogP contribution in [0.1, 0.15) is 13.8 Å². The maximum atomic E-state index is 6.16. The molecule has 0 aliphatic heterocycles. The molecule has 2 aromatic rings. The number of pyridine rings is 1. The average Bonchev–Trinajstić information content (AvgIpc) is 2.18. The lowest BCUT2D eigenvalue weighted by molar-refractivity contribution is 0.900. The van der Waals surface area contributed by atoms with Gasteiger partial charge in [0.15, 0.2) is 0 Å². The summed E-state index contributed by atoms with van der Waals surface area (Å²) in [5, 5.41) is 5.10. The van der Waals surface area contributed by atoms with E-state index in [-0.39, 0.29) is 0 Å². The molecule has 1 N–H and O–H groups in total. The summed E-state index contributed by atoms with van der Waals surface area (Å²) < 4.78 is 0. The monoisotopic (exact) mass is 220 g/mol. The molecule has 1 aromatic heterocycles. The van der Waals surface area contributed by atoms with Crippen molar-refractivity contribution in [3.8, 4) is 0 Å². The number of aromatic nitrogens is 1. The van der Waals surface area contributed by atoms with Gasteiger partial charge in [-0.05, 0) is 32.0 Å². The minimum atomic E-state index is 0.365. The van der Waals surface area contributed by atoms with Gasteiger partial charge in [0.25, 0.3) is 0 Å². The Bertz CT molecular complexity index is 480. The van der Waals surface area contributed by atoms with Crippen LogP contribution in [0.5, 0.6) is 0 Å². The highest BCUT2D eigenvalue weighted by Crippen LogP contribution is 2.27. The number of hydrogen-bond donors (Lipinski definition) is 1. The molecule has 0 amide bonds. The molecule has 0 fully saturated rings. The van der Waals surface area contributed by atoms with E-state index in [9.17, 15) is 0 Å². The number of fused-ring (bicyclic) bond motifs is 1. The van der Waals surface area contributed by atoms with Gasteiger partial charge < -0.3 is 5.32 Å². The minimum Gasteiger partial charge on any atom is -0.382 e. The summed E-state index contributed by atoms with van der Waals surface area (Å²) in [4.78, 5) is 4.29. The SMILES string of the molecule is CC(C)Nc1cc2ncccc2cc1Cl. The maximum absolute atomic E-state index is 6.16. The van der Waals surface area contributed by atoms with Crippen molar-refractivity contribution >= 4 is 28.2 Å². The summed E-state index contributed by atoms with van der Waals surface area (Å²) in [6, 6.07) is 8.21. The quantitative estimate of drug-likeness (QED) is 0.835. The predicted octanol–water partition coefficient (Wildman–Crippen LogP) is 3.71. The van der Waals surface area contributed by atoms with Gasteiger partial charge in [0.05, 0.1) is 16.2 Å². The van der Waals surface area contributed by atoms with Crippen molar-refractivity contribution in [2.24, 2.45) is 0 Å². The first-order valence-corrected chi connectivity index (χ1v) is 5.35. The highest BCUT2D eigenvalue weighted by molar-refractivity contribution is 6.34. The Morgan fingerprint density at radius 3 is 2.87 bits per heavy atom. The van der Waals surface area contributed by atoms with Gasteiger partial charge in [-0.25, -0.2) is 0 Å². The maximum Gasteiger partial charge on any atom is 0.0723 e. The molecule has 2 rings (SSSR count). The number of nitrogens with zero attached hydrogens (tertiary/aromatic N) is 1. The molecule has 78 valence electrons. The first kappa shape index (κ1) is 10.2. The molecule has 15 heavy (non-hydrogen) atoms. The second kappa shape index (κ2) is 4.07. The fourth-order valence-electron chi connectivity index (χ4n) is 1.51. The molecule has 0 atom stereocenters. The van der Waals surface area contributed by atoms with Gasteiger partial charge in [0, 0.05) is 17.6 Å². The Morgan fingerprint density at radius 1 is 1.33 bits per heavy atom. The fourth-order valence-corrected chi connectivity index (χ4v) is 1.74. The van der Waals surface area contributed by atoms with Crippen molar-refractivity contribution in [1.29, 1.82) is 0 Å². The van der Waals surface area contributed by atoms with E-state index in [2.05, 4.69) is 24.1 Å².